The fourth-order valence-electron chi connectivity index (χ4n) is 2.59. The van der Waals surface area contributed by atoms with E-state index in [0.717, 1.165) is 9.40 Å². The van der Waals surface area contributed by atoms with E-state index in [4.69, 9.17) is 11.5 Å². The van der Waals surface area contributed by atoms with Crippen LogP contribution >= 0.6 is 22.7 Å². The van der Waals surface area contributed by atoms with Crippen molar-refractivity contribution in [2.45, 2.75) is 0 Å². The van der Waals surface area contributed by atoms with Crippen LogP contribution in [0, 0.1) is 45.3 Å². The minimum Gasteiger partial charge on any atom is -0.391 e. The number of fused-ring (bicyclic) bond motifs is 3. The lowest BCUT2D eigenvalue weighted by atomic mass is 10.0. The molecule has 112 valence electrons. The number of benzene rings is 1. The fourth-order valence-corrected chi connectivity index (χ4v) is 4.61. The maximum atomic E-state index is 9.34. The largest absolute Gasteiger partial charge is 0.391 e. The minimum absolute atomic E-state index is 0.178. The number of thiophene rings is 2. The first-order valence-electron chi connectivity index (χ1n) is 6.44. The van der Waals surface area contributed by atoms with E-state index in [1.54, 1.807) is 12.1 Å². The molecule has 0 atom stereocenters. The molecule has 3 rings (SSSR count). The number of hydrogen-bond acceptors (Lipinski definition) is 8. The second-order valence-corrected chi connectivity index (χ2v) is 6.90. The Balaban J connectivity index is 2.97. The molecule has 0 aliphatic rings. The van der Waals surface area contributed by atoms with Gasteiger partial charge in [0, 0.05) is 21.2 Å². The van der Waals surface area contributed by atoms with Gasteiger partial charge < -0.3 is 11.5 Å². The van der Waals surface area contributed by atoms with Gasteiger partial charge in [0.2, 0.25) is 0 Å². The van der Waals surface area contributed by atoms with Crippen LogP contribution in [0.15, 0.2) is 12.1 Å². The van der Waals surface area contributed by atoms with Gasteiger partial charge in [0.05, 0.1) is 19.4 Å². The third-order valence-corrected chi connectivity index (χ3v) is 5.54. The summed E-state index contributed by atoms with van der Waals surface area (Å²) in [5.41, 5.74) is 11.5. The van der Waals surface area contributed by atoms with Crippen molar-refractivity contribution < 1.29 is 0 Å². The van der Waals surface area contributed by atoms with E-state index < -0.39 is 0 Å². The van der Waals surface area contributed by atoms with Crippen LogP contribution in [0.5, 0.6) is 0 Å². The first-order valence-corrected chi connectivity index (χ1v) is 8.08. The highest BCUT2D eigenvalue weighted by atomic mass is 32.1. The van der Waals surface area contributed by atoms with Gasteiger partial charge in [0.25, 0.3) is 0 Å². The van der Waals surface area contributed by atoms with Gasteiger partial charge in [-0.3, -0.25) is 0 Å². The lowest BCUT2D eigenvalue weighted by Gasteiger charge is -1.99. The van der Waals surface area contributed by atoms with Crippen molar-refractivity contribution in [3.8, 4) is 24.3 Å². The quantitative estimate of drug-likeness (QED) is 0.632. The molecule has 3 aromatic rings. The monoisotopic (exact) mass is 346 g/mol. The highest BCUT2D eigenvalue weighted by molar-refractivity contribution is 7.30. The van der Waals surface area contributed by atoms with E-state index in [9.17, 15) is 21.0 Å². The molecule has 0 fully saturated rings. The lowest BCUT2D eigenvalue weighted by Crippen LogP contribution is -2.30. The molecule has 0 saturated heterocycles. The third kappa shape index (κ3) is 2.04. The topological polar surface area (TPSA) is 147 Å². The molecular weight excluding hydrogens is 340 g/mol. The summed E-state index contributed by atoms with van der Waals surface area (Å²) in [5, 5.41) is 40.0. The van der Waals surface area contributed by atoms with Crippen LogP contribution in [0.3, 0.4) is 0 Å². The standard InChI is InChI=1S/C16H6N6S2/c17-3-7(4-18)13-9-1-11(21)23-15(9)16-10(2-12(22)24-16)14(13)8(5-19)6-20/h1-2H,21-22H2. The number of nitrogen functional groups attached to an aromatic ring is 2. The van der Waals surface area contributed by atoms with E-state index in [1.165, 1.54) is 22.7 Å². The molecule has 0 radical (unpaired) electrons. The summed E-state index contributed by atoms with van der Waals surface area (Å²) >= 11 is 2.62. The normalized spacial score (nSPS) is 9.83. The first kappa shape index (κ1) is 15.3. The lowest BCUT2D eigenvalue weighted by molar-refractivity contribution is 1.48. The van der Waals surface area contributed by atoms with Gasteiger partial charge in [-0.2, -0.15) is 21.0 Å². The predicted octanol–water partition coefficient (Wildman–Crippen LogP) is 1.68. The Morgan fingerprint density at radius 1 is 0.708 bits per heavy atom. The van der Waals surface area contributed by atoms with Crippen LogP contribution in [-0.2, 0) is 0 Å². The smallest absolute Gasteiger partial charge is 0.138 e. The van der Waals surface area contributed by atoms with Gasteiger partial charge in [-0.15, -0.1) is 22.7 Å². The van der Waals surface area contributed by atoms with E-state index in [-0.39, 0.29) is 21.6 Å². The van der Waals surface area contributed by atoms with Crippen molar-refractivity contribution in [1.29, 1.82) is 21.0 Å². The summed E-state index contributed by atoms with van der Waals surface area (Å²) in [6.45, 7) is 0. The summed E-state index contributed by atoms with van der Waals surface area (Å²) in [6.07, 6.45) is 0. The van der Waals surface area contributed by atoms with E-state index >= 15 is 0 Å². The Kier molecular flexibility index (Phi) is 3.56. The molecule has 0 aliphatic carbocycles. The number of nitrogens with zero attached hydrogens (tertiary/aromatic N) is 4. The molecule has 0 bridgehead atoms. The zero-order valence-corrected chi connectivity index (χ0v) is 13.5. The van der Waals surface area contributed by atoms with E-state index in [2.05, 4.69) is 0 Å². The van der Waals surface area contributed by atoms with Crippen molar-refractivity contribution in [2.75, 3.05) is 11.5 Å². The Morgan fingerprint density at radius 2 is 1.04 bits per heavy atom. The summed E-state index contributed by atoms with van der Waals surface area (Å²) in [6, 6.07) is 10.7. The molecule has 1 aromatic carbocycles. The highest BCUT2D eigenvalue weighted by Gasteiger charge is 2.16. The molecule has 6 nitrogen and oxygen atoms in total. The molecule has 24 heavy (non-hydrogen) atoms. The van der Waals surface area contributed by atoms with Crippen LogP contribution < -0.4 is 21.9 Å². The van der Waals surface area contributed by atoms with Crippen LogP contribution in [-0.4, -0.2) is 0 Å². The minimum atomic E-state index is -0.178. The Labute approximate surface area is 143 Å². The van der Waals surface area contributed by atoms with Crippen LogP contribution in [0.2, 0.25) is 0 Å². The second kappa shape index (κ2) is 5.57. The number of anilines is 2. The predicted molar refractivity (Wildman–Crippen MR) is 94.6 cm³/mol. The Bertz CT molecular complexity index is 1180. The zero-order chi connectivity index (χ0) is 17.4. The van der Waals surface area contributed by atoms with Crippen molar-refractivity contribution in [1.82, 2.24) is 0 Å². The summed E-state index contributed by atoms with van der Waals surface area (Å²) in [5.74, 6) is 0. The summed E-state index contributed by atoms with van der Waals surface area (Å²) in [4.78, 5) is 0. The van der Waals surface area contributed by atoms with Crippen LogP contribution in [0.1, 0.15) is 0 Å². The highest BCUT2D eigenvalue weighted by Crippen LogP contribution is 2.36. The molecule has 0 unspecified atom stereocenters. The Morgan fingerprint density at radius 3 is 1.33 bits per heavy atom. The molecule has 2 aromatic heterocycles. The molecule has 4 N–H and O–H groups in total. The molecule has 8 heteroatoms. The molecule has 0 saturated carbocycles. The average molecular weight is 346 g/mol. The number of rotatable bonds is 0. The van der Waals surface area contributed by atoms with Crippen LogP contribution in [0.4, 0.5) is 10.0 Å². The first-order chi connectivity index (χ1) is 11.5. The number of nitriles is 4. The van der Waals surface area contributed by atoms with Gasteiger partial charge in [-0.05, 0) is 12.1 Å². The number of hydrogen-bond donors (Lipinski definition) is 2. The number of nitrogens with two attached hydrogens (primary N) is 2. The molecule has 0 aliphatic heterocycles. The van der Waals surface area contributed by atoms with Gasteiger partial charge >= 0.3 is 0 Å². The maximum absolute atomic E-state index is 9.34. The molecule has 2 heterocycles. The van der Waals surface area contributed by atoms with Crippen molar-refractivity contribution in [3.63, 3.8) is 0 Å². The van der Waals surface area contributed by atoms with Crippen molar-refractivity contribution in [3.05, 3.63) is 22.6 Å². The zero-order valence-electron chi connectivity index (χ0n) is 11.9. The van der Waals surface area contributed by atoms with Gasteiger partial charge in [-0.25, -0.2) is 0 Å². The Hall–Kier alpha value is -3.56. The maximum Gasteiger partial charge on any atom is 0.138 e. The van der Waals surface area contributed by atoms with E-state index in [0.29, 0.717) is 20.8 Å². The second-order valence-electron chi connectivity index (χ2n) is 4.73. The summed E-state index contributed by atoms with van der Waals surface area (Å²) in [7, 11) is 0. The SMILES string of the molecule is N#CC(C#N)=c1c(=C(C#N)C#N)c2cc(N)sc2c2sc(N)cc12. The van der Waals surface area contributed by atoms with Crippen molar-refractivity contribution in [2.24, 2.45) is 0 Å². The van der Waals surface area contributed by atoms with E-state index in [1.807, 2.05) is 24.3 Å². The van der Waals surface area contributed by atoms with Crippen LogP contribution in [0.25, 0.3) is 31.3 Å². The van der Waals surface area contributed by atoms with Gasteiger partial charge in [0.1, 0.15) is 35.4 Å². The van der Waals surface area contributed by atoms with Gasteiger partial charge in [-0.1, -0.05) is 0 Å². The summed E-state index contributed by atoms with van der Waals surface area (Å²) < 4.78 is 1.56. The third-order valence-electron chi connectivity index (χ3n) is 3.44. The van der Waals surface area contributed by atoms with Crippen molar-refractivity contribution >= 4 is 64.0 Å². The van der Waals surface area contributed by atoms with Gasteiger partial charge in [0.15, 0.2) is 0 Å². The molecule has 0 spiro atoms. The average Bonchev–Trinajstić information content (AvgIpc) is 3.13. The fraction of sp³-hybridized carbons (Fsp3) is 0. The molecular formula is C16H6N6S2. The molecule has 0 amide bonds.